The minimum Gasteiger partial charge on any atom is -0.316 e. The topological polar surface area (TPSA) is 42.7 Å². The molecule has 17 heavy (non-hydrogen) atoms. The smallest absolute Gasteiger partial charge is 0.138 e. The molecule has 0 fully saturated rings. The molecule has 1 aromatic carbocycles. The van der Waals surface area contributed by atoms with Gasteiger partial charge in [-0.05, 0) is 24.7 Å². The number of nitrogens with zero attached hydrogens (tertiary/aromatic N) is 3. The third kappa shape index (κ3) is 3.31. The molecule has 0 unspecified atom stereocenters. The number of hydrogen-bond acceptors (Lipinski definition) is 4. The van der Waals surface area contributed by atoms with Crippen molar-refractivity contribution in [1.29, 1.82) is 0 Å². The van der Waals surface area contributed by atoms with Gasteiger partial charge >= 0.3 is 0 Å². The summed E-state index contributed by atoms with van der Waals surface area (Å²) in [4.78, 5) is 5.47. The van der Waals surface area contributed by atoms with E-state index in [0.717, 1.165) is 18.1 Å². The summed E-state index contributed by atoms with van der Waals surface area (Å²) in [6, 6.07) is 8.55. The first kappa shape index (κ1) is 12.1. The first-order valence-electron chi connectivity index (χ1n) is 5.49. The van der Waals surface area contributed by atoms with Crippen molar-refractivity contribution in [3.63, 3.8) is 0 Å². The van der Waals surface area contributed by atoms with Gasteiger partial charge in [-0.1, -0.05) is 12.1 Å². The lowest BCUT2D eigenvalue weighted by Gasteiger charge is -2.04. The Morgan fingerprint density at radius 2 is 2.29 bits per heavy atom. The summed E-state index contributed by atoms with van der Waals surface area (Å²) in [5.74, 6) is 1.84. The summed E-state index contributed by atoms with van der Waals surface area (Å²) in [7, 11) is 3.87. The second kappa shape index (κ2) is 5.84. The van der Waals surface area contributed by atoms with Gasteiger partial charge in [-0.15, -0.1) is 11.8 Å². The second-order valence-corrected chi connectivity index (χ2v) is 4.82. The van der Waals surface area contributed by atoms with Gasteiger partial charge in [0.2, 0.25) is 0 Å². The lowest BCUT2D eigenvalue weighted by Crippen LogP contribution is -2.04. The largest absolute Gasteiger partial charge is 0.316 e. The Morgan fingerprint density at radius 1 is 1.41 bits per heavy atom. The normalized spacial score (nSPS) is 10.7. The Labute approximate surface area is 105 Å². The average molecular weight is 248 g/mol. The maximum Gasteiger partial charge on any atom is 0.138 e. The molecule has 0 atom stereocenters. The minimum atomic E-state index is 0.847. The number of benzene rings is 1. The van der Waals surface area contributed by atoms with Gasteiger partial charge < -0.3 is 5.32 Å². The second-order valence-electron chi connectivity index (χ2n) is 3.77. The van der Waals surface area contributed by atoms with E-state index in [1.165, 1.54) is 10.5 Å². The van der Waals surface area contributed by atoms with Crippen molar-refractivity contribution < 1.29 is 0 Å². The third-order valence-corrected chi connectivity index (χ3v) is 3.44. The van der Waals surface area contributed by atoms with Crippen LogP contribution >= 0.6 is 11.8 Å². The van der Waals surface area contributed by atoms with Crippen LogP contribution in [0.15, 0.2) is 35.5 Å². The third-order valence-electron chi connectivity index (χ3n) is 2.45. The summed E-state index contributed by atoms with van der Waals surface area (Å²) >= 11 is 1.78. The van der Waals surface area contributed by atoms with Crippen LogP contribution < -0.4 is 5.32 Å². The van der Waals surface area contributed by atoms with E-state index in [-0.39, 0.29) is 0 Å². The van der Waals surface area contributed by atoms with E-state index in [9.17, 15) is 0 Å². The van der Waals surface area contributed by atoms with Gasteiger partial charge in [-0.25, -0.2) is 4.98 Å². The number of thioether (sulfide) groups is 1. The molecule has 5 heteroatoms. The van der Waals surface area contributed by atoms with Gasteiger partial charge in [0, 0.05) is 18.5 Å². The molecule has 0 spiro atoms. The number of aromatic nitrogens is 3. The van der Waals surface area contributed by atoms with Crippen LogP contribution in [0.1, 0.15) is 11.4 Å². The molecule has 0 aliphatic carbocycles. The summed E-state index contributed by atoms with van der Waals surface area (Å²) < 4.78 is 1.81. The number of rotatable bonds is 5. The molecule has 1 aromatic heterocycles. The van der Waals surface area contributed by atoms with Gasteiger partial charge in [-0.3, -0.25) is 4.68 Å². The molecule has 1 N–H and O–H groups in total. The Kier molecular flexibility index (Phi) is 4.17. The first-order chi connectivity index (χ1) is 8.29. The SMILES string of the molecule is CNCc1cccc(SCc2ncnn2C)c1. The highest BCUT2D eigenvalue weighted by molar-refractivity contribution is 7.98. The van der Waals surface area contributed by atoms with Crippen molar-refractivity contribution in [2.24, 2.45) is 7.05 Å². The van der Waals surface area contributed by atoms with Crippen LogP contribution in [0.4, 0.5) is 0 Å². The first-order valence-corrected chi connectivity index (χ1v) is 6.47. The molecule has 0 saturated heterocycles. The molecule has 2 aromatic rings. The van der Waals surface area contributed by atoms with E-state index in [1.54, 1.807) is 18.1 Å². The molecule has 0 bridgehead atoms. The standard InChI is InChI=1S/C12H16N4S/c1-13-7-10-4-3-5-11(6-10)17-8-12-14-9-15-16(12)2/h3-6,9,13H,7-8H2,1-2H3. The molecule has 4 nitrogen and oxygen atoms in total. The lowest BCUT2D eigenvalue weighted by atomic mass is 10.2. The van der Waals surface area contributed by atoms with E-state index in [0.29, 0.717) is 0 Å². The molecule has 0 amide bonds. The Morgan fingerprint density at radius 3 is 3.00 bits per heavy atom. The molecule has 0 saturated carbocycles. The monoisotopic (exact) mass is 248 g/mol. The van der Waals surface area contributed by atoms with Crippen molar-refractivity contribution in [2.45, 2.75) is 17.2 Å². The minimum absolute atomic E-state index is 0.847. The summed E-state index contributed by atoms with van der Waals surface area (Å²) in [6.07, 6.45) is 1.59. The zero-order valence-corrected chi connectivity index (χ0v) is 10.9. The highest BCUT2D eigenvalue weighted by Crippen LogP contribution is 2.22. The van der Waals surface area contributed by atoms with Gasteiger partial charge in [0.25, 0.3) is 0 Å². The fourth-order valence-electron chi connectivity index (χ4n) is 1.55. The molecular formula is C12H16N4S. The van der Waals surface area contributed by atoms with Crippen molar-refractivity contribution in [1.82, 2.24) is 20.1 Å². The Balaban J connectivity index is 1.99. The van der Waals surface area contributed by atoms with Crippen LogP contribution in [-0.4, -0.2) is 21.8 Å². The lowest BCUT2D eigenvalue weighted by molar-refractivity contribution is 0.730. The van der Waals surface area contributed by atoms with E-state index >= 15 is 0 Å². The summed E-state index contributed by atoms with van der Waals surface area (Å²) in [5, 5.41) is 7.21. The summed E-state index contributed by atoms with van der Waals surface area (Å²) in [5.41, 5.74) is 1.30. The van der Waals surface area contributed by atoms with Crippen LogP contribution in [-0.2, 0) is 19.3 Å². The van der Waals surface area contributed by atoms with Gasteiger partial charge in [0.05, 0.1) is 5.75 Å². The van der Waals surface area contributed by atoms with Crippen molar-refractivity contribution in [3.8, 4) is 0 Å². The van der Waals surface area contributed by atoms with Gasteiger partial charge in [0.15, 0.2) is 0 Å². The average Bonchev–Trinajstić information content (AvgIpc) is 2.73. The van der Waals surface area contributed by atoms with E-state index in [2.05, 4.69) is 39.7 Å². The Hall–Kier alpha value is -1.33. The van der Waals surface area contributed by atoms with Crippen LogP contribution in [0.3, 0.4) is 0 Å². The predicted molar refractivity (Wildman–Crippen MR) is 69.8 cm³/mol. The van der Waals surface area contributed by atoms with Crippen molar-refractivity contribution >= 4 is 11.8 Å². The molecule has 2 rings (SSSR count). The quantitative estimate of drug-likeness (QED) is 0.820. The van der Waals surface area contributed by atoms with Crippen LogP contribution in [0, 0.1) is 0 Å². The van der Waals surface area contributed by atoms with Gasteiger partial charge in [-0.2, -0.15) is 5.10 Å². The van der Waals surface area contributed by atoms with E-state index in [4.69, 9.17) is 0 Å². The fourth-order valence-corrected chi connectivity index (χ4v) is 2.51. The molecule has 1 heterocycles. The molecule has 0 aliphatic heterocycles. The van der Waals surface area contributed by atoms with Crippen LogP contribution in [0.5, 0.6) is 0 Å². The molecule has 90 valence electrons. The zero-order valence-electron chi connectivity index (χ0n) is 10.1. The van der Waals surface area contributed by atoms with Crippen LogP contribution in [0.2, 0.25) is 0 Å². The molecule has 0 radical (unpaired) electrons. The maximum absolute atomic E-state index is 4.21. The molecular weight excluding hydrogens is 232 g/mol. The number of hydrogen-bond donors (Lipinski definition) is 1. The van der Waals surface area contributed by atoms with E-state index in [1.807, 2.05) is 18.8 Å². The van der Waals surface area contributed by atoms with Crippen molar-refractivity contribution in [3.05, 3.63) is 42.0 Å². The highest BCUT2D eigenvalue weighted by atomic mass is 32.2. The number of aryl methyl sites for hydroxylation is 1. The van der Waals surface area contributed by atoms with Crippen molar-refractivity contribution in [2.75, 3.05) is 7.05 Å². The van der Waals surface area contributed by atoms with Crippen LogP contribution in [0.25, 0.3) is 0 Å². The Bertz CT molecular complexity index is 481. The highest BCUT2D eigenvalue weighted by Gasteiger charge is 2.02. The maximum atomic E-state index is 4.21. The van der Waals surface area contributed by atoms with Gasteiger partial charge in [0.1, 0.15) is 12.2 Å². The summed E-state index contributed by atoms with van der Waals surface area (Å²) in [6.45, 7) is 0.901. The fraction of sp³-hybridized carbons (Fsp3) is 0.333. The van der Waals surface area contributed by atoms with E-state index < -0.39 is 0 Å². The molecule has 0 aliphatic rings. The predicted octanol–water partition coefficient (Wildman–Crippen LogP) is 1.83. The zero-order chi connectivity index (χ0) is 12.1. The number of nitrogens with one attached hydrogen (secondary N) is 1.